The topological polar surface area (TPSA) is 34.1 Å². The molecule has 0 aliphatic carbocycles. The third kappa shape index (κ3) is 7.71. The fraction of sp³-hybridized carbons (Fsp3) is 0.281. The van der Waals surface area contributed by atoms with Crippen molar-refractivity contribution in [3.05, 3.63) is 103 Å². The molecule has 0 saturated heterocycles. The quantitative estimate of drug-likeness (QED) is 0.201. The highest BCUT2D eigenvalue weighted by atomic mass is 16.5. The van der Waals surface area contributed by atoms with Gasteiger partial charge < -0.3 is 10.1 Å². The normalized spacial score (nSPS) is 10.8. The van der Waals surface area contributed by atoms with Gasteiger partial charge in [0.2, 0.25) is 0 Å². The smallest absolute Gasteiger partial charge is 0.119 e. The highest BCUT2D eigenvalue weighted by Gasteiger charge is 2.07. The number of unbranched alkanes of at least 4 members (excludes halogenated alkanes) is 5. The predicted molar refractivity (Wildman–Crippen MR) is 148 cm³/mol. The molecule has 0 unspecified atom stereocenters. The molecular weight excluding hydrogens is 428 g/mol. The molecule has 0 fully saturated rings. The second kappa shape index (κ2) is 13.3. The van der Waals surface area contributed by atoms with Crippen molar-refractivity contribution < 1.29 is 4.74 Å². The lowest BCUT2D eigenvalue weighted by Crippen LogP contribution is -2.02. The first-order valence-corrected chi connectivity index (χ1v) is 12.9. The SMILES string of the molecule is CCCCCCCCOc1ccc(CNc2cc(-c3ccccc3)nc(-c3ccccc3)c2)cc1. The van der Waals surface area contributed by atoms with Crippen LogP contribution >= 0.6 is 0 Å². The lowest BCUT2D eigenvalue weighted by Gasteiger charge is -2.12. The van der Waals surface area contributed by atoms with Gasteiger partial charge in [0.1, 0.15) is 5.75 Å². The highest BCUT2D eigenvalue weighted by Crippen LogP contribution is 2.27. The Bertz CT molecular complexity index is 1080. The number of aromatic nitrogens is 1. The third-order valence-electron chi connectivity index (χ3n) is 6.15. The van der Waals surface area contributed by atoms with Gasteiger partial charge in [-0.1, -0.05) is 112 Å². The first-order valence-electron chi connectivity index (χ1n) is 12.9. The average Bonchev–Trinajstić information content (AvgIpc) is 2.93. The molecule has 0 amide bonds. The number of rotatable bonds is 13. The Hall–Kier alpha value is -3.59. The zero-order chi connectivity index (χ0) is 24.1. The van der Waals surface area contributed by atoms with Crippen LogP contribution in [0, 0.1) is 0 Å². The van der Waals surface area contributed by atoms with Gasteiger partial charge in [-0.25, -0.2) is 4.98 Å². The van der Waals surface area contributed by atoms with Crippen molar-refractivity contribution in [2.24, 2.45) is 0 Å². The molecule has 35 heavy (non-hydrogen) atoms. The van der Waals surface area contributed by atoms with E-state index in [1.54, 1.807) is 0 Å². The number of hydrogen-bond acceptors (Lipinski definition) is 3. The Balaban J connectivity index is 1.37. The molecule has 1 heterocycles. The van der Waals surface area contributed by atoms with E-state index in [0.29, 0.717) is 0 Å². The lowest BCUT2D eigenvalue weighted by molar-refractivity contribution is 0.304. The molecular formula is C32H36N2O. The molecule has 0 atom stereocenters. The number of ether oxygens (including phenoxy) is 1. The van der Waals surface area contributed by atoms with Crippen LogP contribution < -0.4 is 10.1 Å². The summed E-state index contributed by atoms with van der Waals surface area (Å²) < 4.78 is 5.93. The Morgan fingerprint density at radius 3 is 1.83 bits per heavy atom. The Morgan fingerprint density at radius 2 is 1.23 bits per heavy atom. The number of benzene rings is 3. The molecule has 3 nitrogen and oxygen atoms in total. The van der Waals surface area contributed by atoms with Crippen molar-refractivity contribution >= 4 is 5.69 Å². The van der Waals surface area contributed by atoms with Gasteiger partial charge in [0.15, 0.2) is 0 Å². The maximum atomic E-state index is 5.93. The second-order valence-corrected chi connectivity index (χ2v) is 8.97. The van der Waals surface area contributed by atoms with Crippen LogP contribution in [0.2, 0.25) is 0 Å². The molecule has 4 rings (SSSR count). The maximum Gasteiger partial charge on any atom is 0.119 e. The Labute approximate surface area is 210 Å². The van der Waals surface area contributed by atoms with Gasteiger partial charge in [0.25, 0.3) is 0 Å². The minimum absolute atomic E-state index is 0.740. The summed E-state index contributed by atoms with van der Waals surface area (Å²) in [5.41, 5.74) is 6.43. The summed E-state index contributed by atoms with van der Waals surface area (Å²) in [7, 11) is 0. The van der Waals surface area contributed by atoms with Gasteiger partial charge >= 0.3 is 0 Å². The summed E-state index contributed by atoms with van der Waals surface area (Å²) in [5, 5.41) is 3.60. The van der Waals surface area contributed by atoms with Gasteiger partial charge in [-0.15, -0.1) is 0 Å². The molecule has 3 aromatic carbocycles. The molecule has 0 saturated carbocycles. The van der Waals surface area contributed by atoms with E-state index in [1.807, 2.05) is 12.1 Å². The molecule has 0 radical (unpaired) electrons. The van der Waals surface area contributed by atoms with Gasteiger partial charge in [-0.3, -0.25) is 0 Å². The summed E-state index contributed by atoms with van der Waals surface area (Å²) in [4.78, 5) is 4.94. The average molecular weight is 465 g/mol. The van der Waals surface area contributed by atoms with Crippen LogP contribution in [-0.2, 0) is 6.54 Å². The molecule has 180 valence electrons. The van der Waals surface area contributed by atoms with Crippen molar-refractivity contribution in [2.75, 3.05) is 11.9 Å². The van der Waals surface area contributed by atoms with Gasteiger partial charge in [0.05, 0.1) is 18.0 Å². The molecule has 0 spiro atoms. The number of nitrogens with zero attached hydrogens (tertiary/aromatic N) is 1. The van der Waals surface area contributed by atoms with E-state index < -0.39 is 0 Å². The minimum Gasteiger partial charge on any atom is -0.494 e. The molecule has 0 aliphatic rings. The summed E-state index contributed by atoms with van der Waals surface area (Å²) in [6.07, 6.45) is 7.68. The second-order valence-electron chi connectivity index (χ2n) is 8.97. The van der Waals surface area contributed by atoms with E-state index in [4.69, 9.17) is 9.72 Å². The molecule has 0 bridgehead atoms. The van der Waals surface area contributed by atoms with E-state index in [-0.39, 0.29) is 0 Å². The van der Waals surface area contributed by atoms with Gasteiger partial charge in [-0.2, -0.15) is 0 Å². The zero-order valence-electron chi connectivity index (χ0n) is 20.7. The minimum atomic E-state index is 0.740. The summed E-state index contributed by atoms with van der Waals surface area (Å²) in [6.45, 7) is 3.79. The van der Waals surface area contributed by atoms with Crippen LogP contribution in [0.5, 0.6) is 5.75 Å². The summed E-state index contributed by atoms with van der Waals surface area (Å²) in [5.74, 6) is 0.948. The van der Waals surface area contributed by atoms with Crippen molar-refractivity contribution in [2.45, 2.75) is 52.0 Å². The van der Waals surface area contributed by atoms with Crippen LogP contribution in [0.1, 0.15) is 51.0 Å². The number of pyridine rings is 1. The van der Waals surface area contributed by atoms with Crippen molar-refractivity contribution in [1.29, 1.82) is 0 Å². The van der Waals surface area contributed by atoms with E-state index in [2.05, 4.69) is 97.2 Å². The fourth-order valence-electron chi connectivity index (χ4n) is 4.13. The Kier molecular flexibility index (Phi) is 9.35. The first kappa shape index (κ1) is 24.5. The molecule has 1 N–H and O–H groups in total. The summed E-state index contributed by atoms with van der Waals surface area (Å²) in [6, 6.07) is 33.4. The van der Waals surface area contributed by atoms with Crippen LogP contribution in [0.3, 0.4) is 0 Å². The van der Waals surface area contributed by atoms with E-state index in [1.165, 1.54) is 37.7 Å². The van der Waals surface area contributed by atoms with Crippen LogP contribution in [0.25, 0.3) is 22.5 Å². The standard InChI is InChI=1S/C32H36N2O/c1-2-3-4-5-6-13-22-35-30-20-18-26(19-21-30)25-33-29-23-31(27-14-9-7-10-15-27)34-32(24-29)28-16-11-8-12-17-28/h7-12,14-21,23-24H,2-6,13,22,25H2,1H3,(H,33,34). The van der Waals surface area contributed by atoms with Crippen molar-refractivity contribution in [3.63, 3.8) is 0 Å². The molecule has 0 aliphatic heterocycles. The summed E-state index contributed by atoms with van der Waals surface area (Å²) >= 11 is 0. The Morgan fingerprint density at radius 1 is 0.657 bits per heavy atom. The maximum absolute atomic E-state index is 5.93. The van der Waals surface area contributed by atoms with Crippen LogP contribution in [0.4, 0.5) is 5.69 Å². The lowest BCUT2D eigenvalue weighted by atomic mass is 10.1. The van der Waals surface area contributed by atoms with E-state index in [9.17, 15) is 0 Å². The van der Waals surface area contributed by atoms with Gasteiger partial charge in [0, 0.05) is 23.4 Å². The number of anilines is 1. The number of hydrogen-bond donors (Lipinski definition) is 1. The van der Waals surface area contributed by atoms with E-state index in [0.717, 1.165) is 53.5 Å². The molecule has 1 aromatic heterocycles. The number of nitrogens with one attached hydrogen (secondary N) is 1. The zero-order valence-corrected chi connectivity index (χ0v) is 20.7. The van der Waals surface area contributed by atoms with Crippen molar-refractivity contribution in [3.8, 4) is 28.3 Å². The van der Waals surface area contributed by atoms with Crippen molar-refractivity contribution in [1.82, 2.24) is 4.98 Å². The van der Waals surface area contributed by atoms with Crippen LogP contribution in [-0.4, -0.2) is 11.6 Å². The highest BCUT2D eigenvalue weighted by molar-refractivity contribution is 5.72. The van der Waals surface area contributed by atoms with Crippen LogP contribution in [0.15, 0.2) is 97.1 Å². The predicted octanol–water partition coefficient (Wildman–Crippen LogP) is 8.77. The molecule has 4 aromatic rings. The van der Waals surface area contributed by atoms with E-state index >= 15 is 0 Å². The largest absolute Gasteiger partial charge is 0.494 e. The van der Waals surface area contributed by atoms with Gasteiger partial charge in [-0.05, 0) is 36.2 Å². The fourth-order valence-corrected chi connectivity index (χ4v) is 4.13. The first-order chi connectivity index (χ1) is 17.3. The monoisotopic (exact) mass is 464 g/mol. The molecule has 3 heteroatoms. The third-order valence-corrected chi connectivity index (χ3v) is 6.15.